The maximum absolute atomic E-state index is 13.8. The van der Waals surface area contributed by atoms with Gasteiger partial charge in [0.25, 0.3) is 5.56 Å². The molecule has 0 saturated carbocycles. The first kappa shape index (κ1) is 25.0. The number of hydrogen-bond acceptors (Lipinski definition) is 6. The number of hydrazine groups is 1. The van der Waals surface area contributed by atoms with E-state index in [1.807, 2.05) is 51.8 Å². The zero-order valence-corrected chi connectivity index (χ0v) is 20.2. The normalized spacial score (nSPS) is 11.5. The quantitative estimate of drug-likeness (QED) is 0.231. The number of nitrogens with one attached hydrogen (secondary N) is 2. The van der Waals surface area contributed by atoms with Crippen LogP contribution in [0.3, 0.4) is 0 Å². The maximum atomic E-state index is 13.8. The molecule has 2 aromatic heterocycles. The summed E-state index contributed by atoms with van der Waals surface area (Å²) >= 11 is 0. The van der Waals surface area contributed by atoms with Crippen LogP contribution in [0.4, 0.5) is 17.2 Å². The molecule has 2 heterocycles. The summed E-state index contributed by atoms with van der Waals surface area (Å²) in [4.78, 5) is 19.7. The van der Waals surface area contributed by atoms with E-state index in [0.29, 0.717) is 37.6 Å². The van der Waals surface area contributed by atoms with Gasteiger partial charge in [0.1, 0.15) is 11.5 Å². The minimum Gasteiger partial charge on any atom is -0.681 e. The van der Waals surface area contributed by atoms with Gasteiger partial charge in [-0.05, 0) is 31.2 Å². The Kier molecular flexibility index (Phi) is 8.93. The molecule has 8 nitrogen and oxygen atoms in total. The molecule has 0 bridgehead atoms. The second-order valence-electron chi connectivity index (χ2n) is 7.71. The maximum Gasteiger partial charge on any atom is 0.280 e. The molecular formula is C24H36N7O-. The van der Waals surface area contributed by atoms with Gasteiger partial charge in [-0.1, -0.05) is 32.2 Å². The Morgan fingerprint density at radius 3 is 2.56 bits per heavy atom. The van der Waals surface area contributed by atoms with E-state index in [2.05, 4.69) is 40.8 Å². The fourth-order valence-electron chi connectivity index (χ4n) is 3.85. The minimum atomic E-state index is -0.0732. The van der Waals surface area contributed by atoms with E-state index in [9.17, 15) is 4.79 Å². The second kappa shape index (κ2) is 11.4. The Balaban J connectivity index is 3.08. The third-order valence-electron chi connectivity index (χ3n) is 5.35. The summed E-state index contributed by atoms with van der Waals surface area (Å²) in [7, 11) is 5.74. The van der Waals surface area contributed by atoms with E-state index in [1.54, 1.807) is 10.6 Å². The van der Waals surface area contributed by atoms with E-state index >= 15 is 0 Å². The predicted molar refractivity (Wildman–Crippen MR) is 138 cm³/mol. The van der Waals surface area contributed by atoms with Crippen molar-refractivity contribution >= 4 is 35.5 Å². The lowest BCUT2D eigenvalue weighted by molar-refractivity contribution is 0.423. The number of nitrogens with zero attached hydrogens (tertiary/aromatic N) is 5. The van der Waals surface area contributed by atoms with Gasteiger partial charge in [0.15, 0.2) is 0 Å². The Morgan fingerprint density at radius 2 is 2.00 bits per heavy atom. The number of aromatic nitrogens is 1. The fraction of sp³-hybridized carbons (Fsp3) is 0.458. The molecule has 0 radical (unpaired) electrons. The summed E-state index contributed by atoms with van der Waals surface area (Å²) in [6, 6.07) is 0. The first-order chi connectivity index (χ1) is 15.3. The van der Waals surface area contributed by atoms with E-state index in [1.165, 1.54) is 0 Å². The van der Waals surface area contributed by atoms with Gasteiger partial charge in [0.2, 0.25) is 0 Å². The van der Waals surface area contributed by atoms with Gasteiger partial charge in [0.05, 0.1) is 5.52 Å². The van der Waals surface area contributed by atoms with E-state index in [4.69, 9.17) is 5.32 Å². The Morgan fingerprint density at radius 1 is 1.28 bits per heavy atom. The van der Waals surface area contributed by atoms with Crippen LogP contribution in [0.15, 0.2) is 28.3 Å². The van der Waals surface area contributed by atoms with Crippen LogP contribution in [0.25, 0.3) is 16.9 Å². The number of anilines is 2. The summed E-state index contributed by atoms with van der Waals surface area (Å²) in [6.07, 6.45) is 4.42. The molecule has 0 aliphatic heterocycles. The molecule has 174 valence electrons. The van der Waals surface area contributed by atoms with Crippen LogP contribution in [0.1, 0.15) is 25.0 Å². The zero-order chi connectivity index (χ0) is 23.8. The summed E-state index contributed by atoms with van der Waals surface area (Å²) in [6.45, 7) is 15.8. The molecule has 0 unspecified atom stereocenters. The van der Waals surface area contributed by atoms with Crippen molar-refractivity contribution in [2.75, 3.05) is 57.6 Å². The summed E-state index contributed by atoms with van der Waals surface area (Å²) in [5.41, 5.74) is 10.3. The molecule has 0 saturated heterocycles. The molecule has 0 amide bonds. The average molecular weight is 439 g/mol. The van der Waals surface area contributed by atoms with Gasteiger partial charge in [-0.15, -0.1) is 12.3 Å². The predicted octanol–water partition coefficient (Wildman–Crippen LogP) is 2.61. The summed E-state index contributed by atoms with van der Waals surface area (Å²) in [5.74, 6) is 0.687. The van der Waals surface area contributed by atoms with Gasteiger partial charge in [-0.25, -0.2) is 5.01 Å². The SMILES string of the molecule is C=C=CNC/C=c1/c(C)c(N(C)C)c(=O)n2c(NN(C)CC)c([N-]CC)c(CCN=C)c12. The van der Waals surface area contributed by atoms with Crippen molar-refractivity contribution in [3.05, 3.63) is 50.5 Å². The highest BCUT2D eigenvalue weighted by Crippen LogP contribution is 2.38. The summed E-state index contributed by atoms with van der Waals surface area (Å²) < 4.78 is 1.77. The third kappa shape index (κ3) is 4.98. The molecule has 8 heteroatoms. The van der Waals surface area contributed by atoms with Crippen LogP contribution in [0, 0.1) is 6.92 Å². The number of pyridine rings is 1. The lowest BCUT2D eigenvalue weighted by atomic mass is 10.1. The van der Waals surface area contributed by atoms with E-state index in [-0.39, 0.29) is 5.56 Å². The van der Waals surface area contributed by atoms with Crippen LogP contribution in [0.5, 0.6) is 0 Å². The van der Waals surface area contributed by atoms with Gasteiger partial charge in [-0.2, -0.15) is 0 Å². The Hall–Kier alpha value is -3.22. The van der Waals surface area contributed by atoms with E-state index < -0.39 is 0 Å². The number of fused-ring (bicyclic) bond motifs is 1. The van der Waals surface area contributed by atoms with Crippen molar-refractivity contribution in [3.8, 4) is 0 Å². The van der Waals surface area contributed by atoms with Crippen LogP contribution < -0.4 is 26.4 Å². The second-order valence-corrected chi connectivity index (χ2v) is 7.71. The standard InChI is InChI=1S/C24H36N7O/c1-9-14-26-16-13-18-17(4)21(29(6)7)24(32)31-22(18)19(12-15-25-5)20(27-10-2)23(31)28-30(8)11-3/h13-14,26,28H,1,5,10-12,15-16H2,2-4,6-8H3/q-1/b18-13-. The lowest BCUT2D eigenvalue weighted by Gasteiger charge is -2.25. The van der Waals surface area contributed by atoms with Crippen LogP contribution in [-0.2, 0) is 6.42 Å². The largest absolute Gasteiger partial charge is 0.681 e. The first-order valence-corrected chi connectivity index (χ1v) is 10.9. The molecule has 2 N–H and O–H groups in total. The Bertz CT molecular complexity index is 1110. The number of aliphatic imine (C=N–C) groups is 1. The summed E-state index contributed by atoms with van der Waals surface area (Å²) in [5, 5.41) is 10.9. The monoisotopic (exact) mass is 438 g/mol. The molecule has 32 heavy (non-hydrogen) atoms. The van der Waals surface area contributed by atoms with Crippen molar-refractivity contribution in [1.29, 1.82) is 0 Å². The van der Waals surface area contributed by atoms with Gasteiger partial charge < -0.3 is 26.0 Å². The topological polar surface area (TPSA) is 78.5 Å². The van der Waals surface area contributed by atoms with Crippen molar-refractivity contribution < 1.29 is 0 Å². The molecule has 0 aliphatic carbocycles. The highest BCUT2D eigenvalue weighted by Gasteiger charge is 2.21. The smallest absolute Gasteiger partial charge is 0.280 e. The van der Waals surface area contributed by atoms with Gasteiger partial charge in [0, 0.05) is 52.2 Å². The highest BCUT2D eigenvalue weighted by molar-refractivity contribution is 5.86. The molecule has 0 spiro atoms. The first-order valence-electron chi connectivity index (χ1n) is 10.9. The van der Waals surface area contributed by atoms with E-state index in [0.717, 1.165) is 34.1 Å². The van der Waals surface area contributed by atoms with Crippen LogP contribution in [-0.4, -0.2) is 63.4 Å². The van der Waals surface area contributed by atoms with Crippen molar-refractivity contribution in [2.45, 2.75) is 27.2 Å². The minimum absolute atomic E-state index is 0.0732. The van der Waals surface area contributed by atoms with Crippen molar-refractivity contribution in [2.24, 2.45) is 4.99 Å². The van der Waals surface area contributed by atoms with Crippen molar-refractivity contribution in [3.63, 3.8) is 0 Å². The average Bonchev–Trinajstić information content (AvgIpc) is 3.04. The zero-order valence-electron chi connectivity index (χ0n) is 20.2. The molecule has 0 atom stereocenters. The molecular weight excluding hydrogens is 402 g/mol. The number of hydrogen-bond donors (Lipinski definition) is 2. The van der Waals surface area contributed by atoms with Crippen LogP contribution >= 0.6 is 0 Å². The molecule has 2 aromatic rings. The highest BCUT2D eigenvalue weighted by atomic mass is 16.1. The van der Waals surface area contributed by atoms with Gasteiger partial charge >= 0.3 is 0 Å². The van der Waals surface area contributed by atoms with Gasteiger partial charge in [-0.3, -0.25) is 9.20 Å². The fourth-order valence-corrected chi connectivity index (χ4v) is 3.85. The molecule has 2 rings (SSSR count). The lowest BCUT2D eigenvalue weighted by Crippen LogP contribution is -2.33. The Labute approximate surface area is 191 Å². The van der Waals surface area contributed by atoms with Crippen LogP contribution in [0.2, 0.25) is 0 Å². The molecule has 0 aliphatic rings. The molecule has 0 fully saturated rings. The van der Waals surface area contributed by atoms with Crippen molar-refractivity contribution in [1.82, 2.24) is 14.7 Å². The third-order valence-corrected chi connectivity index (χ3v) is 5.35. The number of rotatable bonds is 12. The molecule has 0 aromatic carbocycles.